The van der Waals surface area contributed by atoms with Crippen LogP contribution in [-0.2, 0) is 16.4 Å². The Morgan fingerprint density at radius 2 is 1.88 bits per heavy atom. The number of hydrogen-bond acceptors (Lipinski definition) is 3. The van der Waals surface area contributed by atoms with Gasteiger partial charge in [0.15, 0.2) is 0 Å². The number of amidine groups is 1. The molecule has 8 heteroatoms. The Balaban J connectivity index is 2.79. The van der Waals surface area contributed by atoms with Gasteiger partial charge < -0.3 is 5.73 Å². The van der Waals surface area contributed by atoms with Crippen LogP contribution in [0.25, 0.3) is 0 Å². The Bertz CT molecular complexity index is 499. The van der Waals surface area contributed by atoms with Gasteiger partial charge in [0.2, 0.25) is 0 Å². The Labute approximate surface area is 97.2 Å². The first-order chi connectivity index (χ1) is 7.81. The van der Waals surface area contributed by atoms with E-state index in [1.807, 2.05) is 0 Å². The lowest BCUT2D eigenvalue weighted by molar-refractivity contribution is 0.236. The average Bonchev–Trinajstić information content (AvgIpc) is 2.19. The Hall–Kier alpha value is -1.70. The van der Waals surface area contributed by atoms with Crippen LogP contribution in [0.2, 0.25) is 0 Å². The van der Waals surface area contributed by atoms with Gasteiger partial charge in [0.25, 0.3) is 10.0 Å². The first-order valence-corrected chi connectivity index (χ1v) is 6.07. The molecule has 1 aromatic carbocycles. The number of rotatable bonds is 5. The molecule has 0 amide bonds. The minimum absolute atomic E-state index is 0.0362. The van der Waals surface area contributed by atoms with Gasteiger partial charge in [-0.2, -0.15) is 8.78 Å². The normalized spacial score (nSPS) is 11.5. The van der Waals surface area contributed by atoms with E-state index in [9.17, 15) is 17.2 Å². The van der Waals surface area contributed by atoms with E-state index < -0.39 is 15.8 Å². The summed E-state index contributed by atoms with van der Waals surface area (Å²) in [6.45, 7) is 0. The van der Waals surface area contributed by atoms with Crippen LogP contribution in [0.3, 0.4) is 0 Å². The SMILES string of the molecule is N=C(N)Cc1ccc(NS(=O)(=O)C(F)F)cc1. The van der Waals surface area contributed by atoms with Crippen molar-refractivity contribution in [3.8, 4) is 0 Å². The first-order valence-electron chi connectivity index (χ1n) is 4.53. The lowest BCUT2D eigenvalue weighted by atomic mass is 10.1. The van der Waals surface area contributed by atoms with Crippen LogP contribution in [0, 0.1) is 5.41 Å². The van der Waals surface area contributed by atoms with Gasteiger partial charge in [-0.1, -0.05) is 12.1 Å². The second kappa shape index (κ2) is 5.09. The van der Waals surface area contributed by atoms with Crippen LogP contribution in [0.15, 0.2) is 24.3 Å². The van der Waals surface area contributed by atoms with Gasteiger partial charge in [0.05, 0.1) is 5.84 Å². The zero-order valence-corrected chi connectivity index (χ0v) is 9.47. The summed E-state index contributed by atoms with van der Waals surface area (Å²) in [4.78, 5) is 0. The lowest BCUT2D eigenvalue weighted by Gasteiger charge is -2.07. The standard InChI is InChI=1S/C9H11F2N3O2S/c10-9(11)17(15,16)14-7-3-1-6(2-4-7)5-8(12)13/h1-4,9,14H,5H2,(H3,12,13). The molecule has 0 unspecified atom stereocenters. The van der Waals surface area contributed by atoms with Crippen LogP contribution in [0.1, 0.15) is 5.56 Å². The zero-order chi connectivity index (χ0) is 13.1. The van der Waals surface area contributed by atoms with Crippen LogP contribution in [-0.4, -0.2) is 20.0 Å². The predicted octanol–water partition coefficient (Wildman–Crippen LogP) is 1.13. The van der Waals surface area contributed by atoms with Crippen molar-refractivity contribution < 1.29 is 17.2 Å². The van der Waals surface area contributed by atoms with Gasteiger partial charge in [-0.3, -0.25) is 10.1 Å². The number of nitrogens with one attached hydrogen (secondary N) is 2. The summed E-state index contributed by atoms with van der Waals surface area (Å²) in [6, 6.07) is 5.67. The fourth-order valence-electron chi connectivity index (χ4n) is 1.12. The molecule has 0 radical (unpaired) electrons. The van der Waals surface area contributed by atoms with E-state index in [4.69, 9.17) is 11.1 Å². The highest BCUT2D eigenvalue weighted by Crippen LogP contribution is 2.14. The molecule has 1 rings (SSSR count). The molecule has 0 aliphatic rings. The number of nitrogens with two attached hydrogens (primary N) is 1. The predicted molar refractivity (Wildman–Crippen MR) is 60.6 cm³/mol. The Morgan fingerprint density at radius 1 is 1.35 bits per heavy atom. The van der Waals surface area contributed by atoms with E-state index in [2.05, 4.69) is 0 Å². The second-order valence-corrected chi connectivity index (χ2v) is 4.96. The summed E-state index contributed by atoms with van der Waals surface area (Å²) in [5, 5.41) is 7.05. The number of hydrogen-bond donors (Lipinski definition) is 3. The summed E-state index contributed by atoms with van der Waals surface area (Å²) in [5.74, 6) is -3.51. The number of alkyl halides is 2. The summed E-state index contributed by atoms with van der Waals surface area (Å²) < 4.78 is 47.5. The molecule has 0 saturated carbocycles. The van der Waals surface area contributed by atoms with E-state index >= 15 is 0 Å². The van der Waals surface area contributed by atoms with E-state index in [1.165, 1.54) is 24.3 Å². The topological polar surface area (TPSA) is 96.0 Å². The van der Waals surface area contributed by atoms with Crippen LogP contribution >= 0.6 is 0 Å². The second-order valence-electron chi connectivity index (χ2n) is 3.31. The molecule has 0 fully saturated rings. The van der Waals surface area contributed by atoms with E-state index in [-0.39, 0.29) is 17.9 Å². The molecule has 4 N–H and O–H groups in total. The van der Waals surface area contributed by atoms with Gasteiger partial charge in [-0.15, -0.1) is 0 Å². The maximum Gasteiger partial charge on any atom is 0.355 e. The van der Waals surface area contributed by atoms with Gasteiger partial charge in [0, 0.05) is 12.1 Å². The van der Waals surface area contributed by atoms with E-state index in [0.29, 0.717) is 5.56 Å². The molecule has 94 valence electrons. The third kappa shape index (κ3) is 3.99. The van der Waals surface area contributed by atoms with E-state index in [0.717, 1.165) is 0 Å². The summed E-state index contributed by atoms with van der Waals surface area (Å²) in [7, 11) is -4.64. The number of benzene rings is 1. The van der Waals surface area contributed by atoms with Crippen LogP contribution < -0.4 is 10.5 Å². The summed E-state index contributed by atoms with van der Waals surface area (Å²) in [5.41, 5.74) is 5.91. The van der Waals surface area contributed by atoms with Gasteiger partial charge >= 0.3 is 5.76 Å². The maximum absolute atomic E-state index is 12.1. The molecule has 0 bridgehead atoms. The molecule has 0 aromatic heterocycles. The number of anilines is 1. The van der Waals surface area contributed by atoms with Crippen LogP contribution in [0.5, 0.6) is 0 Å². The maximum atomic E-state index is 12.1. The minimum Gasteiger partial charge on any atom is -0.387 e. The molecule has 0 saturated heterocycles. The minimum atomic E-state index is -4.64. The molecular weight excluding hydrogens is 252 g/mol. The molecule has 5 nitrogen and oxygen atoms in total. The highest BCUT2D eigenvalue weighted by Gasteiger charge is 2.23. The zero-order valence-electron chi connectivity index (χ0n) is 8.65. The molecule has 0 heterocycles. The third-order valence-corrected chi connectivity index (χ3v) is 2.83. The quantitative estimate of drug-likeness (QED) is 0.548. The van der Waals surface area contributed by atoms with Crippen LogP contribution in [0.4, 0.5) is 14.5 Å². The van der Waals surface area contributed by atoms with Crippen molar-refractivity contribution in [3.05, 3.63) is 29.8 Å². The van der Waals surface area contributed by atoms with Gasteiger partial charge in [0.1, 0.15) is 0 Å². The van der Waals surface area contributed by atoms with Crippen molar-refractivity contribution in [3.63, 3.8) is 0 Å². The Morgan fingerprint density at radius 3 is 2.29 bits per heavy atom. The van der Waals surface area contributed by atoms with Gasteiger partial charge in [-0.05, 0) is 17.7 Å². The fraction of sp³-hybridized carbons (Fsp3) is 0.222. The molecule has 0 atom stereocenters. The highest BCUT2D eigenvalue weighted by molar-refractivity contribution is 7.93. The third-order valence-electron chi connectivity index (χ3n) is 1.84. The fourth-order valence-corrected chi connectivity index (χ4v) is 1.67. The molecule has 17 heavy (non-hydrogen) atoms. The summed E-state index contributed by atoms with van der Waals surface area (Å²) in [6.07, 6.45) is 0.224. The molecule has 0 spiro atoms. The largest absolute Gasteiger partial charge is 0.387 e. The van der Waals surface area contributed by atoms with Crippen molar-refractivity contribution in [2.75, 3.05) is 4.72 Å². The molecular formula is C9H11F2N3O2S. The Kier molecular flexibility index (Phi) is 4.00. The van der Waals surface area contributed by atoms with Gasteiger partial charge in [-0.25, -0.2) is 8.42 Å². The molecule has 0 aliphatic heterocycles. The molecule has 1 aromatic rings. The number of halogens is 2. The average molecular weight is 263 g/mol. The smallest absolute Gasteiger partial charge is 0.355 e. The molecule has 0 aliphatic carbocycles. The number of sulfonamides is 1. The van der Waals surface area contributed by atoms with Crippen molar-refractivity contribution >= 4 is 21.5 Å². The monoisotopic (exact) mass is 263 g/mol. The van der Waals surface area contributed by atoms with E-state index in [1.54, 1.807) is 4.72 Å². The summed E-state index contributed by atoms with van der Waals surface area (Å²) >= 11 is 0. The first kappa shape index (κ1) is 13.4. The lowest BCUT2D eigenvalue weighted by Crippen LogP contribution is -2.20. The van der Waals surface area contributed by atoms with Crippen molar-refractivity contribution in [1.29, 1.82) is 5.41 Å². The highest BCUT2D eigenvalue weighted by atomic mass is 32.2. The van der Waals surface area contributed by atoms with Crippen molar-refractivity contribution in [2.45, 2.75) is 12.2 Å². The van der Waals surface area contributed by atoms with Crippen molar-refractivity contribution in [1.82, 2.24) is 0 Å². The van der Waals surface area contributed by atoms with Crippen molar-refractivity contribution in [2.24, 2.45) is 5.73 Å².